The summed E-state index contributed by atoms with van der Waals surface area (Å²) < 4.78 is 48.2. The van der Waals surface area contributed by atoms with Gasteiger partial charge in [0.2, 0.25) is 11.8 Å². The van der Waals surface area contributed by atoms with Crippen LogP contribution in [0.2, 0.25) is 5.02 Å². The van der Waals surface area contributed by atoms with Crippen LogP contribution < -0.4 is 10.9 Å². The first kappa shape index (κ1) is 30.1. The Balaban J connectivity index is 1.81. The van der Waals surface area contributed by atoms with Crippen molar-refractivity contribution in [3.05, 3.63) is 67.5 Å². The lowest BCUT2D eigenvalue weighted by Crippen LogP contribution is -2.46. The molecule has 0 saturated carbocycles. The lowest BCUT2D eigenvalue weighted by molar-refractivity contribution is -0.137. The predicted molar refractivity (Wildman–Crippen MR) is 146 cm³/mol. The van der Waals surface area contributed by atoms with E-state index in [1.807, 2.05) is 13.8 Å². The van der Waals surface area contributed by atoms with Gasteiger partial charge in [-0.2, -0.15) is 13.2 Å². The van der Waals surface area contributed by atoms with Crippen molar-refractivity contribution in [1.29, 1.82) is 0 Å². The van der Waals surface area contributed by atoms with E-state index in [-0.39, 0.29) is 43.0 Å². The van der Waals surface area contributed by atoms with E-state index in [4.69, 9.17) is 21.3 Å². The van der Waals surface area contributed by atoms with E-state index in [1.54, 1.807) is 27.8 Å². The van der Waals surface area contributed by atoms with Crippen LogP contribution in [0.1, 0.15) is 71.2 Å². The molecule has 1 N–H and O–H groups in total. The summed E-state index contributed by atoms with van der Waals surface area (Å²) in [6, 6.07) is 2.33. The van der Waals surface area contributed by atoms with Gasteiger partial charge in [-0.3, -0.25) is 9.59 Å². The minimum Gasteiger partial charge on any atom is -0.460 e. The van der Waals surface area contributed by atoms with Crippen molar-refractivity contribution >= 4 is 29.4 Å². The highest BCUT2D eigenvalue weighted by molar-refractivity contribution is 6.31. The van der Waals surface area contributed by atoms with Gasteiger partial charge in [0.15, 0.2) is 0 Å². The molecule has 220 valence electrons. The van der Waals surface area contributed by atoms with Crippen molar-refractivity contribution in [3.8, 4) is 5.82 Å². The highest BCUT2D eigenvalue weighted by atomic mass is 35.5. The zero-order valence-electron chi connectivity index (χ0n) is 23.4. The molecule has 4 rings (SSSR count). The number of amides is 1. The van der Waals surface area contributed by atoms with Gasteiger partial charge in [-0.05, 0) is 59.2 Å². The van der Waals surface area contributed by atoms with E-state index in [9.17, 15) is 27.6 Å². The third-order valence-electron chi connectivity index (χ3n) is 6.71. The minimum absolute atomic E-state index is 0.0193. The summed E-state index contributed by atoms with van der Waals surface area (Å²) in [6.07, 6.45) is -4.62. The maximum atomic E-state index is 14.0. The number of nitrogens with zero attached hydrogens (tertiary/aromatic N) is 5. The van der Waals surface area contributed by atoms with E-state index < -0.39 is 40.2 Å². The molecule has 2 aromatic heterocycles. The van der Waals surface area contributed by atoms with Crippen LogP contribution in [0.15, 0.2) is 23.0 Å². The molecule has 1 aliphatic heterocycles. The van der Waals surface area contributed by atoms with Crippen LogP contribution in [0.4, 0.5) is 19.1 Å². The third kappa shape index (κ3) is 5.67. The summed E-state index contributed by atoms with van der Waals surface area (Å²) in [7, 11) is 1.59. The number of benzene rings is 1. The number of esters is 1. The fourth-order valence-electron chi connectivity index (χ4n) is 4.84. The molecule has 1 atom stereocenters. The van der Waals surface area contributed by atoms with Crippen molar-refractivity contribution in [1.82, 2.24) is 24.0 Å². The van der Waals surface area contributed by atoms with Crippen LogP contribution in [-0.2, 0) is 30.9 Å². The van der Waals surface area contributed by atoms with Gasteiger partial charge in [-0.1, -0.05) is 11.6 Å². The number of hydrogen-bond donors (Lipinski definition) is 1. The zero-order chi connectivity index (χ0) is 30.4. The third-order valence-corrected chi connectivity index (χ3v) is 7.04. The van der Waals surface area contributed by atoms with E-state index in [2.05, 4.69) is 10.3 Å². The fourth-order valence-corrected chi connectivity index (χ4v) is 5.07. The molecule has 0 spiro atoms. The Morgan fingerprint density at radius 2 is 1.93 bits per heavy atom. The average molecular weight is 595 g/mol. The standard InChI is InChI=1S/C27H30ClF3N6O4/c1-7-41-25(40)21-33-15(5)22(35(21)6)37-24(39)17-10-14(4)36(12-20(17)34-26(37)32-13(2)3)23(38)16-8-9-19(28)18(11-16)27(29,30)31/h8-9,11,13-14H,7,10,12H2,1-6H3,(H,32,34)/t14-/m1/s1. The van der Waals surface area contributed by atoms with Gasteiger partial charge in [-0.25, -0.2) is 19.3 Å². The molecule has 0 fully saturated rings. The predicted octanol–water partition coefficient (Wildman–Crippen LogP) is 4.53. The Morgan fingerprint density at radius 3 is 2.54 bits per heavy atom. The molecule has 0 bridgehead atoms. The zero-order valence-corrected chi connectivity index (χ0v) is 24.1. The number of alkyl halides is 3. The van der Waals surface area contributed by atoms with Gasteiger partial charge in [0.05, 0.1) is 35.1 Å². The summed E-state index contributed by atoms with van der Waals surface area (Å²) >= 11 is 5.73. The molecule has 3 heterocycles. The number of nitrogens with one attached hydrogen (secondary N) is 1. The Labute approximate surface area is 239 Å². The molecule has 0 radical (unpaired) electrons. The lowest BCUT2D eigenvalue weighted by Gasteiger charge is -2.35. The van der Waals surface area contributed by atoms with Gasteiger partial charge < -0.3 is 19.5 Å². The molecular weight excluding hydrogens is 565 g/mol. The molecule has 3 aromatic rings. The SMILES string of the molecule is CCOC(=O)c1nc(C)c(-n2c(NC(C)C)nc3c(c2=O)C[C@@H](C)N(C(=O)c2ccc(Cl)c(C(F)(F)F)c2)C3)n1C. The highest BCUT2D eigenvalue weighted by Gasteiger charge is 2.36. The summed E-state index contributed by atoms with van der Waals surface area (Å²) in [5, 5.41) is 2.64. The van der Waals surface area contributed by atoms with Crippen LogP contribution in [0.25, 0.3) is 5.82 Å². The van der Waals surface area contributed by atoms with Crippen molar-refractivity contribution in [2.45, 2.75) is 65.8 Å². The maximum Gasteiger partial charge on any atom is 0.417 e. The number of fused-ring (bicyclic) bond motifs is 1. The number of halogens is 4. The van der Waals surface area contributed by atoms with Crippen LogP contribution >= 0.6 is 11.6 Å². The van der Waals surface area contributed by atoms with E-state index in [1.165, 1.54) is 20.1 Å². The number of carbonyl (C=O) groups excluding carboxylic acids is 2. The monoisotopic (exact) mass is 594 g/mol. The number of anilines is 1. The molecule has 0 unspecified atom stereocenters. The molecular formula is C27H30ClF3N6O4. The average Bonchev–Trinajstić information content (AvgIpc) is 3.17. The number of rotatable bonds is 6. The Bertz CT molecular complexity index is 1580. The van der Waals surface area contributed by atoms with Crippen molar-refractivity contribution in [2.24, 2.45) is 7.05 Å². The fraction of sp³-hybridized carbons (Fsp3) is 0.444. The summed E-state index contributed by atoms with van der Waals surface area (Å²) in [5.74, 6) is -0.774. The number of aryl methyl sites for hydroxylation is 1. The van der Waals surface area contributed by atoms with E-state index >= 15 is 0 Å². The summed E-state index contributed by atoms with van der Waals surface area (Å²) in [5.41, 5.74) is -0.631. The maximum absolute atomic E-state index is 14.0. The van der Waals surface area contributed by atoms with Crippen molar-refractivity contribution < 1.29 is 27.5 Å². The quantitative estimate of drug-likeness (QED) is 0.417. The number of carbonyl (C=O) groups is 2. The van der Waals surface area contributed by atoms with Gasteiger partial charge in [0.25, 0.3) is 11.5 Å². The number of imidazole rings is 1. The first-order valence-corrected chi connectivity index (χ1v) is 13.3. The summed E-state index contributed by atoms with van der Waals surface area (Å²) in [6.45, 7) is 8.81. The minimum atomic E-state index is -4.73. The molecule has 1 aliphatic rings. The van der Waals surface area contributed by atoms with Gasteiger partial charge in [-0.15, -0.1) is 0 Å². The summed E-state index contributed by atoms with van der Waals surface area (Å²) in [4.78, 5) is 50.3. The lowest BCUT2D eigenvalue weighted by atomic mass is 9.98. The van der Waals surface area contributed by atoms with Crippen LogP contribution in [-0.4, -0.2) is 54.6 Å². The Morgan fingerprint density at radius 1 is 1.24 bits per heavy atom. The second-order valence-corrected chi connectivity index (χ2v) is 10.5. The smallest absolute Gasteiger partial charge is 0.417 e. The van der Waals surface area contributed by atoms with Crippen LogP contribution in [0, 0.1) is 6.92 Å². The number of hydrogen-bond acceptors (Lipinski definition) is 7. The molecule has 1 amide bonds. The van der Waals surface area contributed by atoms with Crippen molar-refractivity contribution in [2.75, 3.05) is 11.9 Å². The van der Waals surface area contributed by atoms with Crippen LogP contribution in [0.3, 0.4) is 0 Å². The largest absolute Gasteiger partial charge is 0.460 e. The normalized spacial score (nSPS) is 15.2. The van der Waals surface area contributed by atoms with Crippen molar-refractivity contribution in [3.63, 3.8) is 0 Å². The molecule has 0 aliphatic carbocycles. The molecule has 0 saturated heterocycles. The molecule has 41 heavy (non-hydrogen) atoms. The number of ether oxygens (including phenoxy) is 1. The van der Waals surface area contributed by atoms with Crippen LogP contribution in [0.5, 0.6) is 0 Å². The topological polar surface area (TPSA) is 111 Å². The molecule has 1 aromatic carbocycles. The first-order valence-electron chi connectivity index (χ1n) is 13.0. The highest BCUT2D eigenvalue weighted by Crippen LogP contribution is 2.36. The van der Waals surface area contributed by atoms with E-state index in [0.717, 1.165) is 12.1 Å². The molecule has 10 nitrogen and oxygen atoms in total. The van der Waals surface area contributed by atoms with E-state index in [0.29, 0.717) is 22.8 Å². The second kappa shape index (κ2) is 11.2. The van der Waals surface area contributed by atoms with Gasteiger partial charge in [0.1, 0.15) is 5.82 Å². The Hall–Kier alpha value is -3.87. The second-order valence-electron chi connectivity index (χ2n) is 10.1. The Kier molecular flexibility index (Phi) is 8.21. The van der Waals surface area contributed by atoms with Gasteiger partial charge in [0, 0.05) is 30.3 Å². The molecule has 14 heteroatoms. The first-order chi connectivity index (χ1) is 19.1. The number of aromatic nitrogens is 4. The van der Waals surface area contributed by atoms with Gasteiger partial charge >= 0.3 is 12.1 Å².